The summed E-state index contributed by atoms with van der Waals surface area (Å²) in [5.74, 6) is 0.340. The average Bonchev–Trinajstić information content (AvgIpc) is 2.97. The molecule has 0 amide bonds. The fraction of sp³-hybridized carbons (Fsp3) is 0.538. The van der Waals surface area contributed by atoms with Crippen LogP contribution in [0, 0.1) is 11.3 Å². The maximum absolute atomic E-state index is 12.3. The first-order valence-corrected chi connectivity index (χ1v) is 8.50. The van der Waals surface area contributed by atoms with E-state index >= 15 is 0 Å². The molecule has 112 valence electrons. The molecule has 0 aliphatic heterocycles. The summed E-state index contributed by atoms with van der Waals surface area (Å²) in [6, 6.07) is 2.75. The fourth-order valence-corrected chi connectivity index (χ4v) is 4.15. The molecule has 1 fully saturated rings. The molecule has 0 saturated heterocycles. The van der Waals surface area contributed by atoms with E-state index in [4.69, 9.17) is 23.2 Å². The number of benzene rings is 1. The Balaban J connectivity index is 2.23. The molecule has 2 rings (SSSR count). The molecule has 1 aromatic carbocycles. The first-order chi connectivity index (χ1) is 9.17. The van der Waals surface area contributed by atoms with Gasteiger partial charge in [0.05, 0.1) is 11.6 Å². The van der Waals surface area contributed by atoms with E-state index < -0.39 is 10.0 Å². The molecule has 1 atom stereocenters. The van der Waals surface area contributed by atoms with Crippen LogP contribution in [0.25, 0.3) is 0 Å². The molecule has 7 heteroatoms. The molecule has 20 heavy (non-hydrogen) atoms. The summed E-state index contributed by atoms with van der Waals surface area (Å²) in [6.07, 6.45) is 1.00. The Morgan fingerprint density at radius 1 is 1.40 bits per heavy atom. The third-order valence-electron chi connectivity index (χ3n) is 3.78. The van der Waals surface area contributed by atoms with Gasteiger partial charge in [-0.05, 0) is 35.4 Å². The quantitative estimate of drug-likeness (QED) is 0.868. The zero-order valence-electron chi connectivity index (χ0n) is 11.3. The van der Waals surface area contributed by atoms with Crippen LogP contribution in [0.15, 0.2) is 17.0 Å². The molecular formula is C13H17Cl2NO3S. The molecule has 0 aromatic heterocycles. The van der Waals surface area contributed by atoms with E-state index in [1.807, 2.05) is 0 Å². The highest BCUT2D eigenvalue weighted by molar-refractivity contribution is 7.89. The van der Waals surface area contributed by atoms with Crippen molar-refractivity contribution in [2.75, 3.05) is 6.54 Å². The maximum Gasteiger partial charge on any atom is 0.242 e. The van der Waals surface area contributed by atoms with Gasteiger partial charge in [0, 0.05) is 11.6 Å². The van der Waals surface area contributed by atoms with Gasteiger partial charge in [-0.15, -0.1) is 0 Å². The summed E-state index contributed by atoms with van der Waals surface area (Å²) in [5.41, 5.74) is 0.489. The van der Waals surface area contributed by atoms with E-state index in [0.29, 0.717) is 18.0 Å². The minimum absolute atomic E-state index is 0.0134. The second-order valence-electron chi connectivity index (χ2n) is 5.78. The second kappa shape index (κ2) is 5.46. The van der Waals surface area contributed by atoms with Gasteiger partial charge in [-0.3, -0.25) is 0 Å². The van der Waals surface area contributed by atoms with Crippen molar-refractivity contribution in [2.45, 2.75) is 31.8 Å². The Morgan fingerprint density at radius 3 is 2.50 bits per heavy atom. The lowest BCUT2D eigenvalue weighted by atomic mass is 10.1. The van der Waals surface area contributed by atoms with Crippen LogP contribution in [0.4, 0.5) is 0 Å². The van der Waals surface area contributed by atoms with Gasteiger partial charge in [-0.1, -0.05) is 37.0 Å². The summed E-state index contributed by atoms with van der Waals surface area (Å²) in [6.45, 7) is 4.22. The minimum Gasteiger partial charge on any atom is -0.392 e. The van der Waals surface area contributed by atoms with Gasteiger partial charge >= 0.3 is 0 Å². The first-order valence-electron chi connectivity index (χ1n) is 6.26. The Labute approximate surface area is 129 Å². The van der Waals surface area contributed by atoms with Crippen LogP contribution in [0.2, 0.25) is 10.0 Å². The van der Waals surface area contributed by atoms with Crippen molar-refractivity contribution in [1.29, 1.82) is 0 Å². The number of rotatable bonds is 5. The van der Waals surface area contributed by atoms with E-state index in [2.05, 4.69) is 18.6 Å². The van der Waals surface area contributed by atoms with Gasteiger partial charge in [-0.25, -0.2) is 13.1 Å². The van der Waals surface area contributed by atoms with Gasteiger partial charge in [0.1, 0.15) is 4.90 Å². The van der Waals surface area contributed by atoms with Crippen molar-refractivity contribution in [3.05, 3.63) is 27.7 Å². The van der Waals surface area contributed by atoms with Crippen molar-refractivity contribution in [3.63, 3.8) is 0 Å². The molecule has 0 spiro atoms. The zero-order valence-corrected chi connectivity index (χ0v) is 13.6. The van der Waals surface area contributed by atoms with Crippen LogP contribution >= 0.6 is 23.2 Å². The minimum atomic E-state index is -3.73. The normalized spacial score (nSPS) is 20.9. The van der Waals surface area contributed by atoms with Crippen LogP contribution in [-0.4, -0.2) is 20.1 Å². The number of aliphatic hydroxyl groups is 1. The lowest BCUT2D eigenvalue weighted by Crippen LogP contribution is -2.27. The van der Waals surface area contributed by atoms with E-state index in [1.54, 1.807) is 0 Å². The third-order valence-corrected chi connectivity index (χ3v) is 6.00. The Morgan fingerprint density at radius 2 is 2.00 bits per heavy atom. The number of hydrogen-bond acceptors (Lipinski definition) is 3. The highest BCUT2D eigenvalue weighted by Crippen LogP contribution is 2.51. The summed E-state index contributed by atoms with van der Waals surface area (Å²) >= 11 is 11.9. The number of sulfonamides is 1. The summed E-state index contributed by atoms with van der Waals surface area (Å²) in [5, 5.41) is 9.41. The van der Waals surface area contributed by atoms with E-state index in [1.165, 1.54) is 12.1 Å². The van der Waals surface area contributed by atoms with E-state index in [0.717, 1.165) is 6.42 Å². The predicted octanol–water partition coefficient (Wildman–Crippen LogP) is 2.81. The number of aliphatic hydroxyl groups excluding tert-OH is 1. The molecule has 4 nitrogen and oxygen atoms in total. The second-order valence-corrected chi connectivity index (χ2v) is 8.33. The first kappa shape index (κ1) is 16.0. The Hall–Kier alpha value is -0.330. The van der Waals surface area contributed by atoms with Crippen LogP contribution in [0.5, 0.6) is 0 Å². The molecule has 1 aliphatic rings. The van der Waals surface area contributed by atoms with Gasteiger partial charge in [-0.2, -0.15) is 0 Å². The topological polar surface area (TPSA) is 66.4 Å². The van der Waals surface area contributed by atoms with Crippen LogP contribution in [0.3, 0.4) is 0 Å². The van der Waals surface area contributed by atoms with Gasteiger partial charge < -0.3 is 5.11 Å². The van der Waals surface area contributed by atoms with Crippen molar-refractivity contribution >= 4 is 33.2 Å². The fourth-order valence-electron chi connectivity index (χ4n) is 2.14. The average molecular weight is 338 g/mol. The van der Waals surface area contributed by atoms with Gasteiger partial charge in [0.2, 0.25) is 10.0 Å². The Bertz CT molecular complexity index is 629. The molecule has 0 radical (unpaired) electrons. The molecular weight excluding hydrogens is 321 g/mol. The highest BCUT2D eigenvalue weighted by atomic mass is 35.5. The molecule has 2 N–H and O–H groups in total. The maximum atomic E-state index is 12.3. The summed E-state index contributed by atoms with van der Waals surface area (Å²) < 4.78 is 27.1. The molecule has 0 bridgehead atoms. The molecule has 1 aliphatic carbocycles. The van der Waals surface area contributed by atoms with Gasteiger partial charge in [0.15, 0.2) is 0 Å². The number of hydrogen-bond donors (Lipinski definition) is 2. The third kappa shape index (κ3) is 3.28. The monoisotopic (exact) mass is 337 g/mol. The van der Waals surface area contributed by atoms with Crippen molar-refractivity contribution in [2.24, 2.45) is 11.3 Å². The number of halogens is 2. The smallest absolute Gasteiger partial charge is 0.242 e. The Kier molecular flexibility index (Phi) is 4.38. The largest absolute Gasteiger partial charge is 0.392 e. The van der Waals surface area contributed by atoms with Gasteiger partial charge in [0.25, 0.3) is 0 Å². The lowest BCUT2D eigenvalue weighted by Gasteiger charge is -2.12. The molecule has 1 saturated carbocycles. The molecule has 1 unspecified atom stereocenters. The highest BCUT2D eigenvalue weighted by Gasteiger charge is 2.45. The summed E-state index contributed by atoms with van der Waals surface area (Å²) in [4.78, 5) is -0.0887. The standard InChI is InChI=1S/C13H17Cl2NO3S/c1-13(2)5-9(13)6-16-20(18,19)11-4-10(14)3-8(7-17)12(11)15/h3-4,9,16-17H,5-7H2,1-2H3. The predicted molar refractivity (Wildman–Crippen MR) is 79.5 cm³/mol. The molecule has 0 heterocycles. The SMILES string of the molecule is CC1(C)CC1CNS(=O)(=O)c1cc(Cl)cc(CO)c1Cl. The molecule has 1 aromatic rings. The van der Waals surface area contributed by atoms with Crippen molar-refractivity contribution < 1.29 is 13.5 Å². The van der Waals surface area contributed by atoms with E-state index in [9.17, 15) is 13.5 Å². The van der Waals surface area contributed by atoms with Crippen LogP contribution < -0.4 is 4.72 Å². The van der Waals surface area contributed by atoms with Crippen LogP contribution in [0.1, 0.15) is 25.8 Å². The van der Waals surface area contributed by atoms with Crippen molar-refractivity contribution in [1.82, 2.24) is 4.72 Å². The number of nitrogens with one attached hydrogen (secondary N) is 1. The zero-order chi connectivity index (χ0) is 15.1. The van der Waals surface area contributed by atoms with E-state index in [-0.39, 0.29) is 27.0 Å². The summed E-state index contributed by atoms with van der Waals surface area (Å²) in [7, 11) is -3.73. The van der Waals surface area contributed by atoms with Crippen molar-refractivity contribution in [3.8, 4) is 0 Å². The lowest BCUT2D eigenvalue weighted by molar-refractivity contribution is 0.281. The van der Waals surface area contributed by atoms with Crippen LogP contribution in [-0.2, 0) is 16.6 Å².